The zero-order chi connectivity index (χ0) is 5.98. The largest absolute Gasteiger partial charge is 0.506 e. The summed E-state index contributed by atoms with van der Waals surface area (Å²) >= 11 is 0. The average molecular weight is 109 g/mol. The van der Waals surface area contributed by atoms with Crippen molar-refractivity contribution in [3.8, 4) is 0 Å². The Morgan fingerprint density at radius 1 is 1.62 bits per heavy atom. The van der Waals surface area contributed by atoms with Crippen molar-refractivity contribution in [1.82, 2.24) is 5.32 Å². The number of rotatable bonds is 0. The number of nitrogens with one attached hydrogen (secondary N) is 1. The first kappa shape index (κ1) is 4.97. The Morgan fingerprint density at radius 3 is 2.75 bits per heavy atom. The number of allylic oxidation sites excluding steroid dienone is 1. The Bertz CT molecular complexity index is 167. The summed E-state index contributed by atoms with van der Waals surface area (Å²) < 4.78 is 0. The lowest BCUT2D eigenvalue weighted by Gasteiger charge is -2.03. The molecule has 0 amide bonds. The molecule has 0 aromatic carbocycles. The van der Waals surface area contributed by atoms with Crippen LogP contribution in [0, 0.1) is 0 Å². The molecule has 0 saturated carbocycles. The Labute approximate surface area is 47.8 Å². The van der Waals surface area contributed by atoms with Crippen LogP contribution in [0.2, 0.25) is 0 Å². The van der Waals surface area contributed by atoms with Crippen LogP contribution in [0.5, 0.6) is 0 Å². The van der Waals surface area contributed by atoms with Gasteiger partial charge in [-0.25, -0.2) is 0 Å². The van der Waals surface area contributed by atoms with Crippen molar-refractivity contribution in [1.29, 1.82) is 0 Å². The monoisotopic (exact) mass is 109 g/mol. The Hall–Kier alpha value is -1.18. The zero-order valence-electron chi connectivity index (χ0n) is 4.39. The van der Waals surface area contributed by atoms with E-state index in [0.29, 0.717) is 5.57 Å². The minimum absolute atomic E-state index is 0.201. The normalized spacial score (nSPS) is 17.5. The first-order valence-electron chi connectivity index (χ1n) is 2.32. The quantitative estimate of drug-likeness (QED) is 0.487. The predicted molar refractivity (Wildman–Crippen MR) is 32.1 cm³/mol. The first-order chi connectivity index (χ1) is 3.80. The highest BCUT2D eigenvalue weighted by molar-refractivity contribution is 5.34. The van der Waals surface area contributed by atoms with Crippen LogP contribution >= 0.6 is 0 Å². The average Bonchev–Trinajstić information content (AvgIpc) is 1.77. The summed E-state index contributed by atoms with van der Waals surface area (Å²) in [7, 11) is 0. The molecule has 1 aliphatic heterocycles. The molecule has 0 spiro atoms. The second-order valence-corrected chi connectivity index (χ2v) is 1.55. The molecule has 0 fully saturated rings. The maximum Gasteiger partial charge on any atom is 0.138 e. The first-order valence-corrected chi connectivity index (χ1v) is 2.32. The van der Waals surface area contributed by atoms with E-state index in [2.05, 4.69) is 11.9 Å². The van der Waals surface area contributed by atoms with Crippen LogP contribution < -0.4 is 5.32 Å². The number of aliphatic hydroxyl groups excluding tert-OH is 1. The maximum atomic E-state index is 8.83. The third kappa shape index (κ3) is 0.729. The van der Waals surface area contributed by atoms with Crippen LogP contribution in [0.15, 0.2) is 36.4 Å². The van der Waals surface area contributed by atoms with E-state index in [1.165, 1.54) is 6.20 Å². The highest BCUT2D eigenvalue weighted by atomic mass is 16.3. The number of aliphatic hydroxyl groups is 1. The van der Waals surface area contributed by atoms with Crippen LogP contribution in [0.1, 0.15) is 0 Å². The van der Waals surface area contributed by atoms with Gasteiger partial charge in [-0.15, -0.1) is 0 Å². The maximum absolute atomic E-state index is 8.83. The van der Waals surface area contributed by atoms with Gasteiger partial charge in [-0.05, 0) is 6.08 Å². The molecule has 2 heteroatoms. The summed E-state index contributed by atoms with van der Waals surface area (Å²) in [5, 5.41) is 11.5. The Morgan fingerprint density at radius 2 is 2.38 bits per heavy atom. The molecule has 0 unspecified atom stereocenters. The fraction of sp³-hybridized carbons (Fsp3) is 0. The van der Waals surface area contributed by atoms with Crippen molar-refractivity contribution in [2.75, 3.05) is 0 Å². The fourth-order valence-corrected chi connectivity index (χ4v) is 0.454. The molecule has 1 heterocycles. The molecule has 0 atom stereocenters. The third-order valence-corrected chi connectivity index (χ3v) is 0.930. The number of hydrogen-bond acceptors (Lipinski definition) is 2. The second kappa shape index (κ2) is 1.74. The van der Waals surface area contributed by atoms with E-state index in [9.17, 15) is 0 Å². The van der Waals surface area contributed by atoms with Crippen LogP contribution in [0.4, 0.5) is 0 Å². The fourth-order valence-electron chi connectivity index (χ4n) is 0.454. The molecule has 1 rings (SSSR count). The highest BCUT2D eigenvalue weighted by Crippen LogP contribution is 2.06. The topological polar surface area (TPSA) is 32.3 Å². The molecule has 0 aliphatic carbocycles. The molecular weight excluding hydrogens is 102 g/mol. The molecule has 0 saturated heterocycles. The standard InChI is InChI=1S/C6H7NO/c1-5-2-3-7-4-6(5)8/h2-4,7-8H,1H2. The molecule has 0 bridgehead atoms. The summed E-state index contributed by atoms with van der Waals surface area (Å²) in [6.07, 6.45) is 4.90. The van der Waals surface area contributed by atoms with Gasteiger partial charge in [-0.3, -0.25) is 0 Å². The molecular formula is C6H7NO. The number of hydrogen-bond donors (Lipinski definition) is 2. The van der Waals surface area contributed by atoms with E-state index >= 15 is 0 Å². The van der Waals surface area contributed by atoms with E-state index in [0.717, 1.165) is 0 Å². The zero-order valence-corrected chi connectivity index (χ0v) is 4.39. The summed E-state index contributed by atoms with van der Waals surface area (Å²) in [6, 6.07) is 0. The molecule has 0 aromatic rings. The van der Waals surface area contributed by atoms with Crippen LogP contribution in [0.3, 0.4) is 0 Å². The van der Waals surface area contributed by atoms with Crippen LogP contribution in [0.25, 0.3) is 0 Å². The van der Waals surface area contributed by atoms with Gasteiger partial charge >= 0.3 is 0 Å². The van der Waals surface area contributed by atoms with Gasteiger partial charge in [-0.2, -0.15) is 0 Å². The number of dihydropyridines is 1. The van der Waals surface area contributed by atoms with Crippen molar-refractivity contribution in [3.05, 3.63) is 36.4 Å². The molecule has 0 radical (unpaired) electrons. The minimum Gasteiger partial charge on any atom is -0.506 e. The minimum atomic E-state index is 0.201. The SMILES string of the molecule is C=C1C=CNC=C1O. The van der Waals surface area contributed by atoms with E-state index in [1.807, 2.05) is 0 Å². The predicted octanol–water partition coefficient (Wildman–Crippen LogP) is 1.06. The van der Waals surface area contributed by atoms with Crippen molar-refractivity contribution < 1.29 is 5.11 Å². The molecule has 2 N–H and O–H groups in total. The summed E-state index contributed by atoms with van der Waals surface area (Å²) in [6.45, 7) is 3.55. The Balaban J connectivity index is 2.78. The van der Waals surface area contributed by atoms with E-state index in [-0.39, 0.29) is 5.76 Å². The van der Waals surface area contributed by atoms with Gasteiger partial charge in [0.1, 0.15) is 5.76 Å². The van der Waals surface area contributed by atoms with Crippen molar-refractivity contribution >= 4 is 0 Å². The van der Waals surface area contributed by atoms with Gasteiger partial charge in [0, 0.05) is 18.0 Å². The van der Waals surface area contributed by atoms with Crippen molar-refractivity contribution in [3.63, 3.8) is 0 Å². The Kier molecular flexibility index (Phi) is 1.08. The lowest BCUT2D eigenvalue weighted by atomic mass is 10.2. The lowest BCUT2D eigenvalue weighted by Crippen LogP contribution is -2.01. The van der Waals surface area contributed by atoms with Crippen LogP contribution in [-0.4, -0.2) is 5.11 Å². The van der Waals surface area contributed by atoms with Crippen LogP contribution in [-0.2, 0) is 0 Å². The van der Waals surface area contributed by atoms with Gasteiger partial charge in [0.05, 0.1) is 0 Å². The third-order valence-electron chi connectivity index (χ3n) is 0.930. The van der Waals surface area contributed by atoms with Gasteiger partial charge in [-0.1, -0.05) is 6.58 Å². The highest BCUT2D eigenvalue weighted by Gasteiger charge is 1.96. The molecule has 42 valence electrons. The van der Waals surface area contributed by atoms with Gasteiger partial charge in [0.15, 0.2) is 0 Å². The second-order valence-electron chi connectivity index (χ2n) is 1.55. The van der Waals surface area contributed by atoms with E-state index in [4.69, 9.17) is 5.11 Å². The van der Waals surface area contributed by atoms with E-state index < -0.39 is 0 Å². The smallest absolute Gasteiger partial charge is 0.138 e. The van der Waals surface area contributed by atoms with Gasteiger partial charge < -0.3 is 10.4 Å². The molecule has 1 aliphatic rings. The lowest BCUT2D eigenvalue weighted by molar-refractivity contribution is 0.421. The molecule has 2 nitrogen and oxygen atoms in total. The van der Waals surface area contributed by atoms with Crippen molar-refractivity contribution in [2.45, 2.75) is 0 Å². The van der Waals surface area contributed by atoms with Crippen molar-refractivity contribution in [2.24, 2.45) is 0 Å². The summed E-state index contributed by atoms with van der Waals surface area (Å²) in [5.74, 6) is 0.201. The molecule has 0 aromatic heterocycles. The van der Waals surface area contributed by atoms with Gasteiger partial charge in [0.25, 0.3) is 0 Å². The van der Waals surface area contributed by atoms with E-state index in [1.54, 1.807) is 12.3 Å². The summed E-state index contributed by atoms with van der Waals surface area (Å²) in [5.41, 5.74) is 0.642. The van der Waals surface area contributed by atoms with Gasteiger partial charge in [0.2, 0.25) is 0 Å². The summed E-state index contributed by atoms with van der Waals surface area (Å²) in [4.78, 5) is 0. The molecule has 8 heavy (non-hydrogen) atoms.